The number of aliphatic hydroxyl groups excluding tert-OH is 3. The smallest absolute Gasteiger partial charge is 0.416 e. The predicted octanol–water partition coefficient (Wildman–Crippen LogP) is 15.4. The maximum Gasteiger partial charge on any atom is 0.416 e. The Morgan fingerprint density at radius 1 is 0.430 bits per heavy atom. The molecule has 5 aliphatic rings. The summed E-state index contributed by atoms with van der Waals surface area (Å²) in [7, 11) is -0.592. The molecule has 572 valence electrons. The van der Waals surface area contributed by atoms with Crippen molar-refractivity contribution in [3.8, 4) is 0 Å². The minimum Gasteiger partial charge on any atom is -0.447 e. The second-order valence-corrected chi connectivity index (χ2v) is 28.1. The van der Waals surface area contributed by atoms with Gasteiger partial charge in [0.25, 0.3) is 0 Å². The molecule has 5 fully saturated rings. The highest BCUT2D eigenvalue weighted by Gasteiger charge is 2.46. The van der Waals surface area contributed by atoms with Gasteiger partial charge in [-0.1, -0.05) is 30.3 Å². The van der Waals surface area contributed by atoms with Crippen molar-refractivity contribution in [1.82, 2.24) is 0 Å². The van der Waals surface area contributed by atoms with Crippen LogP contribution in [0, 0.1) is 32.9 Å². The first-order valence-corrected chi connectivity index (χ1v) is 33.7. The fourth-order valence-corrected chi connectivity index (χ4v) is 11.8. The van der Waals surface area contributed by atoms with Crippen molar-refractivity contribution in [3.05, 3.63) is 176 Å². The zero-order valence-electron chi connectivity index (χ0n) is 55.9. The molecule has 26 nitrogen and oxygen atoms in total. The standard InChI is InChI=1S/C16H19F3N2O3Si.C13H11F3N2O3.C12H9F3N2O4.2C12H9F3N2O3/c1-10(24-25(3,4)5)14-9-23-15(22)21(14)11-6-7-13(20-2)12(8-11)16(17,18)19;1-7(19)11-6-21-12(20)18(11)8-3-4-10(17-2)9(5-8)13(14,15)16;1-16-8-3-2-6(4-7(8)12(13,14)15)17-9(10(18)19)5-21-11(17)20;1-16-9-4-3-7(5-8(9)12(13,14)15)17-10(19-2)6-20-11(17)18;1-16-10-3-2-7(4-9(10)12(13,14)15)17-8(5-18)6-20-11(17)19/h6-8,10,14H,9H2,1,3-5H3;3-5,7,11,19H,6H2,1H3;2-4,9-10,18-19H,5H2;3-5,10H,6H2,2H3;2-4,8,18H,5-6H2/t10?,14-;7-,11+;9-;10-;8-/m10100/s1. The molecule has 10 rings (SSSR count). The van der Waals surface area contributed by atoms with Crippen molar-refractivity contribution >= 4 is 95.7 Å². The van der Waals surface area contributed by atoms with E-state index in [1.807, 2.05) is 19.6 Å². The highest BCUT2D eigenvalue weighted by Crippen LogP contribution is 2.46. The van der Waals surface area contributed by atoms with Crippen LogP contribution in [-0.4, -0.2) is 155 Å². The number of halogens is 15. The molecule has 42 heteroatoms. The van der Waals surface area contributed by atoms with E-state index in [4.69, 9.17) is 76.3 Å². The predicted molar refractivity (Wildman–Crippen MR) is 344 cm³/mol. The molecule has 0 aromatic heterocycles. The normalized spacial score (nSPS) is 19.2. The van der Waals surface area contributed by atoms with Gasteiger partial charge in [-0.2, -0.15) is 65.9 Å². The Morgan fingerprint density at radius 2 is 0.692 bits per heavy atom. The fraction of sp³-hybridized carbons (Fsp3) is 0.385. The number of carbonyl (C=O) groups is 5. The van der Waals surface area contributed by atoms with Crippen LogP contribution in [0.25, 0.3) is 24.2 Å². The first kappa shape index (κ1) is 84.8. The number of methoxy groups -OCH3 is 1. The van der Waals surface area contributed by atoms with Gasteiger partial charge in [-0.05, 0) is 94.2 Å². The molecule has 5 heterocycles. The molecular weight excluding hydrogens is 1490 g/mol. The van der Waals surface area contributed by atoms with E-state index in [1.165, 1.54) is 43.2 Å². The minimum atomic E-state index is -4.77. The number of hydrogen-bond acceptors (Lipinski definition) is 16. The van der Waals surface area contributed by atoms with Crippen molar-refractivity contribution in [2.75, 3.05) is 71.3 Å². The molecule has 5 aliphatic heterocycles. The first-order valence-electron chi connectivity index (χ1n) is 30.3. The minimum absolute atomic E-state index is 0.0286. The summed E-state index contributed by atoms with van der Waals surface area (Å²) in [5.74, 6) is 0. The third kappa shape index (κ3) is 20.5. The highest BCUT2D eigenvalue weighted by atomic mass is 28.4. The summed E-state index contributed by atoms with van der Waals surface area (Å²) in [5, 5.41) is 37.0. The van der Waals surface area contributed by atoms with Gasteiger partial charge in [-0.25, -0.2) is 53.1 Å². The van der Waals surface area contributed by atoms with E-state index in [1.54, 1.807) is 6.92 Å². The van der Waals surface area contributed by atoms with E-state index < -0.39 is 181 Å². The van der Waals surface area contributed by atoms with E-state index in [9.17, 15) is 94.9 Å². The zero-order valence-corrected chi connectivity index (χ0v) is 56.9. The Balaban J connectivity index is 0.000000210. The molecule has 5 aromatic rings. The van der Waals surface area contributed by atoms with E-state index in [-0.39, 0.29) is 61.5 Å². The Kier molecular flexibility index (Phi) is 26.9. The number of aliphatic hydroxyl groups is 4. The quantitative estimate of drug-likeness (QED) is 0.0297. The summed E-state index contributed by atoms with van der Waals surface area (Å²) >= 11 is 0. The van der Waals surface area contributed by atoms with Crippen molar-refractivity contribution in [3.63, 3.8) is 0 Å². The van der Waals surface area contributed by atoms with Crippen molar-refractivity contribution in [2.24, 2.45) is 0 Å². The Hall–Kier alpha value is -11.2. The molecule has 0 saturated carbocycles. The average Bonchev–Trinajstić information content (AvgIpc) is 1.77. The maximum atomic E-state index is 13.2. The van der Waals surface area contributed by atoms with E-state index in [0.717, 1.165) is 69.3 Å². The van der Waals surface area contributed by atoms with Gasteiger partial charge >= 0.3 is 61.3 Å². The lowest BCUT2D eigenvalue weighted by Gasteiger charge is -2.31. The van der Waals surface area contributed by atoms with Crippen molar-refractivity contribution < 1.29 is 143 Å². The summed E-state index contributed by atoms with van der Waals surface area (Å²) in [5.41, 5.74) is -8.71. The molecule has 0 spiro atoms. The van der Waals surface area contributed by atoms with Gasteiger partial charge in [-0.15, -0.1) is 0 Å². The van der Waals surface area contributed by atoms with Gasteiger partial charge in [0.1, 0.15) is 45.1 Å². The number of hydrogen-bond donors (Lipinski definition) is 4. The van der Waals surface area contributed by atoms with Gasteiger partial charge in [0.15, 0.2) is 49.3 Å². The summed E-state index contributed by atoms with van der Waals surface area (Å²) in [6, 6.07) is 11.5. The molecule has 0 radical (unpaired) electrons. The monoisotopic (exact) mass is 1550 g/mol. The van der Waals surface area contributed by atoms with Gasteiger partial charge in [-0.3, -0.25) is 19.6 Å². The van der Waals surface area contributed by atoms with E-state index in [0.29, 0.717) is 17.0 Å². The Labute approximate surface area is 597 Å². The lowest BCUT2D eigenvalue weighted by molar-refractivity contribution is -0.137. The molecule has 0 aliphatic carbocycles. The number of nitrogens with zero attached hydrogens (tertiary/aromatic N) is 10. The van der Waals surface area contributed by atoms with Crippen LogP contribution in [0.15, 0.2) is 91.0 Å². The molecule has 0 bridgehead atoms. The zero-order chi connectivity index (χ0) is 80.4. The number of benzene rings is 5. The number of cyclic esters (lactones) is 5. The van der Waals surface area contributed by atoms with Crippen LogP contribution in [0.5, 0.6) is 0 Å². The first-order chi connectivity index (χ1) is 49.7. The number of rotatable bonds is 12. The number of ether oxygens (including phenoxy) is 6. The van der Waals surface area contributed by atoms with Crippen LogP contribution in [0.4, 0.5) is 147 Å². The van der Waals surface area contributed by atoms with Crippen LogP contribution in [0.1, 0.15) is 41.7 Å². The third-order valence-electron chi connectivity index (χ3n) is 15.4. The van der Waals surface area contributed by atoms with E-state index >= 15 is 0 Å². The summed E-state index contributed by atoms with van der Waals surface area (Å²) in [6.45, 7) is 42.0. The molecule has 1 unspecified atom stereocenters. The highest BCUT2D eigenvalue weighted by molar-refractivity contribution is 6.69. The molecule has 5 aromatic carbocycles. The Morgan fingerprint density at radius 3 is 0.981 bits per heavy atom. The molecular formula is C65H57F15N10O16Si. The summed E-state index contributed by atoms with van der Waals surface area (Å²) < 4.78 is 229. The van der Waals surface area contributed by atoms with Crippen LogP contribution in [-0.2, 0) is 63.7 Å². The number of carbonyl (C=O) groups excluding carboxylic acids is 5. The van der Waals surface area contributed by atoms with Crippen LogP contribution < -0.4 is 24.5 Å². The second kappa shape index (κ2) is 33.9. The maximum absolute atomic E-state index is 13.2. The van der Waals surface area contributed by atoms with Gasteiger partial charge in [0, 0.05) is 35.5 Å². The van der Waals surface area contributed by atoms with Crippen molar-refractivity contribution in [1.29, 1.82) is 0 Å². The molecule has 5 saturated heterocycles. The number of alkyl halides is 15. The SMILES string of the molecule is [C-]#[N+]c1ccc(N2C(=O)OC[C@@H]2C(C)O[Si](C)(C)C)cc1C(F)(F)F.[C-]#[N+]c1ccc(N2C(=O)OC[C@@H]2C(O)O)cc1C(F)(F)F.[C-]#[N+]c1ccc(N2C(=O)OC[C@@H]2CO)cc1C(F)(F)F.[C-]#[N+]c1ccc(N2C(=O)OC[C@@H]2OC)cc1C(F)(F)F.[C-]#[N+]c1ccc(N2C(=O)OC[C@@H]2[C@H](C)O)cc1C(F)(F)F. The Bertz CT molecular complexity index is 4140. The molecule has 4 N–H and O–H groups in total. The summed E-state index contributed by atoms with van der Waals surface area (Å²) in [4.78, 5) is 77.3. The van der Waals surface area contributed by atoms with Crippen LogP contribution in [0.2, 0.25) is 19.6 Å². The van der Waals surface area contributed by atoms with E-state index in [2.05, 4.69) is 29.0 Å². The van der Waals surface area contributed by atoms with Gasteiger partial charge in [0.2, 0.25) is 0 Å². The van der Waals surface area contributed by atoms with Gasteiger partial charge < -0.3 is 53.3 Å². The molecule has 5 amide bonds. The lowest BCUT2D eigenvalue weighted by atomic mass is 10.1. The fourth-order valence-electron chi connectivity index (χ4n) is 10.5. The second-order valence-electron chi connectivity index (χ2n) is 23.6. The van der Waals surface area contributed by atoms with Crippen molar-refractivity contribution in [2.45, 2.75) is 113 Å². The largest absolute Gasteiger partial charge is 0.447 e. The van der Waals surface area contributed by atoms with Gasteiger partial charge in [0.05, 0.1) is 91.6 Å². The number of amides is 5. The van der Waals surface area contributed by atoms with Crippen LogP contribution in [0.3, 0.4) is 0 Å². The van der Waals surface area contributed by atoms with Crippen LogP contribution >= 0.6 is 0 Å². The number of anilines is 5. The topological polar surface area (TPSA) is 269 Å². The average molecular weight is 1550 g/mol. The lowest BCUT2D eigenvalue weighted by Crippen LogP contribution is -2.46. The molecule has 7 atom stereocenters. The molecule has 107 heavy (non-hydrogen) atoms. The third-order valence-corrected chi connectivity index (χ3v) is 16.5. The summed E-state index contributed by atoms with van der Waals surface area (Å²) in [6.07, 6.45) is -31.8.